The Morgan fingerprint density at radius 1 is 1.27 bits per heavy atom. The van der Waals surface area contributed by atoms with Gasteiger partial charge in [0.2, 0.25) is 10.0 Å². The van der Waals surface area contributed by atoms with Gasteiger partial charge < -0.3 is 19.7 Å². The number of carbonyl (C=O) groups is 1. The van der Waals surface area contributed by atoms with Crippen LogP contribution in [-0.2, 0) is 23.0 Å². The summed E-state index contributed by atoms with van der Waals surface area (Å²) < 4.78 is 31.0. The van der Waals surface area contributed by atoms with Gasteiger partial charge in [0.15, 0.2) is 5.69 Å². The molecule has 30 heavy (non-hydrogen) atoms. The number of hydrogen-bond acceptors (Lipinski definition) is 8. The van der Waals surface area contributed by atoms with Gasteiger partial charge in [-0.05, 0) is 12.5 Å². The van der Waals surface area contributed by atoms with Crippen molar-refractivity contribution in [3.05, 3.63) is 35.6 Å². The molecule has 0 saturated carbocycles. The van der Waals surface area contributed by atoms with Gasteiger partial charge in [-0.25, -0.2) is 22.7 Å². The summed E-state index contributed by atoms with van der Waals surface area (Å²) in [7, 11) is -3.32. The average molecular weight is 431 g/mol. The quantitative estimate of drug-likeness (QED) is 0.567. The Hall–Kier alpha value is -2.99. The van der Waals surface area contributed by atoms with E-state index in [0.29, 0.717) is 43.9 Å². The molecule has 1 saturated heterocycles. The van der Waals surface area contributed by atoms with Crippen molar-refractivity contribution in [2.75, 3.05) is 36.8 Å². The van der Waals surface area contributed by atoms with Crippen molar-refractivity contribution in [3.8, 4) is 0 Å². The molecule has 5 rings (SSSR count). The highest BCUT2D eigenvalue weighted by Crippen LogP contribution is 2.29. The first kappa shape index (κ1) is 19.0. The molecule has 1 amide bonds. The van der Waals surface area contributed by atoms with Gasteiger partial charge in [0, 0.05) is 44.4 Å². The summed E-state index contributed by atoms with van der Waals surface area (Å²) in [6.07, 6.45) is 4.79. The van der Waals surface area contributed by atoms with Crippen LogP contribution in [0.25, 0.3) is 11.0 Å². The van der Waals surface area contributed by atoms with Gasteiger partial charge in [0.05, 0.1) is 17.7 Å². The van der Waals surface area contributed by atoms with E-state index in [2.05, 4.69) is 30.3 Å². The number of aromatic amines is 1. The number of nitrogens with one attached hydrogen (secondary N) is 2. The number of rotatable bonds is 6. The third kappa shape index (κ3) is 3.31. The molecule has 12 heteroatoms. The first-order chi connectivity index (χ1) is 14.5. The van der Waals surface area contributed by atoms with E-state index in [9.17, 15) is 13.2 Å². The Morgan fingerprint density at radius 2 is 2.13 bits per heavy atom. The number of aromatic nitrogens is 4. The Kier molecular flexibility index (Phi) is 4.66. The highest BCUT2D eigenvalue weighted by Gasteiger charge is 2.30. The summed E-state index contributed by atoms with van der Waals surface area (Å²) in [5, 5.41) is 7.50. The molecular weight excluding hydrogens is 410 g/mol. The van der Waals surface area contributed by atoms with E-state index in [0.717, 1.165) is 23.3 Å². The monoisotopic (exact) mass is 431 g/mol. The summed E-state index contributed by atoms with van der Waals surface area (Å²) in [5.74, 6) is 0.885. The minimum Gasteiger partial charge on any atom is -0.360 e. The first-order valence-corrected chi connectivity index (χ1v) is 11.4. The van der Waals surface area contributed by atoms with Gasteiger partial charge in [0.1, 0.15) is 23.6 Å². The number of carbonyl (C=O) groups excluding carboxylic acids is 1. The van der Waals surface area contributed by atoms with Crippen molar-refractivity contribution in [3.63, 3.8) is 0 Å². The molecule has 2 N–H and O–H groups in total. The molecule has 0 unspecified atom stereocenters. The van der Waals surface area contributed by atoms with Crippen LogP contribution in [0, 0.1) is 0 Å². The lowest BCUT2D eigenvalue weighted by Crippen LogP contribution is -2.45. The molecule has 0 spiro atoms. The lowest BCUT2D eigenvalue weighted by Gasteiger charge is -2.29. The Bertz CT molecular complexity index is 1200. The maximum Gasteiger partial charge on any atom is 0.273 e. The fourth-order valence-electron chi connectivity index (χ4n) is 3.75. The largest absolute Gasteiger partial charge is 0.360 e. The maximum atomic E-state index is 12.6. The molecule has 0 bridgehead atoms. The van der Waals surface area contributed by atoms with E-state index in [1.807, 2.05) is 12.3 Å². The van der Waals surface area contributed by atoms with Crippen LogP contribution < -0.4 is 10.2 Å². The van der Waals surface area contributed by atoms with Crippen LogP contribution >= 0.6 is 0 Å². The van der Waals surface area contributed by atoms with Gasteiger partial charge in [-0.1, -0.05) is 5.16 Å². The fourth-order valence-corrected chi connectivity index (χ4v) is 5.18. The highest BCUT2D eigenvalue weighted by atomic mass is 32.2. The molecule has 2 aliphatic rings. The summed E-state index contributed by atoms with van der Waals surface area (Å²) in [5.41, 5.74) is 1.64. The summed E-state index contributed by atoms with van der Waals surface area (Å²) in [6, 6.07) is 1.92. The van der Waals surface area contributed by atoms with Crippen LogP contribution in [0.5, 0.6) is 0 Å². The molecule has 3 aromatic rings. The topological polar surface area (TPSA) is 137 Å². The van der Waals surface area contributed by atoms with Gasteiger partial charge in [-0.3, -0.25) is 4.79 Å². The van der Waals surface area contributed by atoms with Gasteiger partial charge in [-0.2, -0.15) is 0 Å². The Morgan fingerprint density at radius 3 is 2.93 bits per heavy atom. The average Bonchev–Trinajstić information content (AvgIpc) is 3.32. The molecule has 1 fully saturated rings. The third-order valence-electron chi connectivity index (χ3n) is 5.53. The van der Waals surface area contributed by atoms with Crippen LogP contribution in [0.15, 0.2) is 23.1 Å². The van der Waals surface area contributed by atoms with Crippen LogP contribution in [0.3, 0.4) is 0 Å². The predicted octanol–water partition coefficient (Wildman–Crippen LogP) is 0.274. The van der Waals surface area contributed by atoms with Crippen LogP contribution in [0.1, 0.15) is 28.2 Å². The van der Waals surface area contributed by atoms with Crippen molar-refractivity contribution in [1.29, 1.82) is 0 Å². The third-order valence-corrected chi connectivity index (χ3v) is 7.40. The molecule has 2 aliphatic heterocycles. The van der Waals surface area contributed by atoms with Crippen molar-refractivity contribution in [2.45, 2.75) is 19.4 Å². The lowest BCUT2D eigenvalue weighted by atomic mass is 10.1. The second kappa shape index (κ2) is 7.36. The molecule has 5 heterocycles. The second-order valence-corrected chi connectivity index (χ2v) is 9.45. The molecule has 158 valence electrons. The summed E-state index contributed by atoms with van der Waals surface area (Å²) in [4.78, 5) is 26.4. The van der Waals surface area contributed by atoms with Crippen molar-refractivity contribution in [2.24, 2.45) is 0 Å². The zero-order valence-electron chi connectivity index (χ0n) is 16.2. The Labute approximate surface area is 172 Å². The number of fused-ring (bicyclic) bond motifs is 2. The zero-order valence-corrected chi connectivity index (χ0v) is 17.0. The van der Waals surface area contributed by atoms with E-state index in [1.165, 1.54) is 10.6 Å². The molecule has 11 nitrogen and oxygen atoms in total. The summed E-state index contributed by atoms with van der Waals surface area (Å²) >= 11 is 0. The van der Waals surface area contributed by atoms with Crippen molar-refractivity contribution in [1.82, 2.24) is 29.7 Å². The number of anilines is 1. The molecule has 0 atom stereocenters. The minimum absolute atomic E-state index is 0.0267. The normalized spacial score (nSPS) is 17.0. The van der Waals surface area contributed by atoms with Crippen molar-refractivity contribution < 1.29 is 17.7 Å². The van der Waals surface area contributed by atoms with Gasteiger partial charge >= 0.3 is 0 Å². The standard InChI is InChI=1S/C18H21N7O4S/c26-18(20-5-9-30(27,28)25-6-1-7-25)15-13-10-24(8-3-14(13)29-23-15)17-12-2-4-19-16(12)21-11-22-17/h2,4,11H,1,3,5-10H2,(H,20,26)(H,19,21,22). The van der Waals surface area contributed by atoms with Gasteiger partial charge in [-0.15, -0.1) is 0 Å². The van der Waals surface area contributed by atoms with E-state index in [-0.39, 0.29) is 18.0 Å². The Balaban J connectivity index is 1.29. The summed E-state index contributed by atoms with van der Waals surface area (Å²) in [6.45, 7) is 2.24. The lowest BCUT2D eigenvalue weighted by molar-refractivity contribution is 0.0946. The molecule has 3 aromatic heterocycles. The van der Waals surface area contributed by atoms with Crippen LogP contribution in [0.2, 0.25) is 0 Å². The molecule has 0 radical (unpaired) electrons. The van der Waals surface area contributed by atoms with E-state index >= 15 is 0 Å². The number of nitrogens with zero attached hydrogens (tertiary/aromatic N) is 5. The molecule has 0 aliphatic carbocycles. The SMILES string of the molecule is O=C(NCCS(=O)(=O)N1CCC1)c1noc2c1CN(c1ncnc3[nH]ccc13)CC2. The molecular formula is C18H21N7O4S. The van der Waals surface area contributed by atoms with E-state index < -0.39 is 15.9 Å². The number of amides is 1. The minimum atomic E-state index is -3.32. The number of hydrogen-bond donors (Lipinski definition) is 2. The van der Waals surface area contributed by atoms with Gasteiger partial charge in [0.25, 0.3) is 5.91 Å². The van der Waals surface area contributed by atoms with Crippen LogP contribution in [0.4, 0.5) is 5.82 Å². The predicted molar refractivity (Wildman–Crippen MR) is 107 cm³/mol. The van der Waals surface area contributed by atoms with E-state index in [4.69, 9.17) is 4.52 Å². The van der Waals surface area contributed by atoms with E-state index in [1.54, 1.807) is 0 Å². The molecule has 0 aromatic carbocycles. The zero-order chi connectivity index (χ0) is 20.7. The fraction of sp³-hybridized carbons (Fsp3) is 0.444. The second-order valence-electron chi connectivity index (χ2n) is 7.37. The number of sulfonamides is 1. The van der Waals surface area contributed by atoms with Crippen molar-refractivity contribution >= 4 is 32.8 Å². The number of H-pyrrole nitrogens is 1. The maximum absolute atomic E-state index is 12.6. The highest BCUT2D eigenvalue weighted by molar-refractivity contribution is 7.89. The first-order valence-electron chi connectivity index (χ1n) is 9.79. The smallest absolute Gasteiger partial charge is 0.273 e. The van der Waals surface area contributed by atoms with Crippen LogP contribution in [-0.4, -0.2) is 70.7 Å².